The van der Waals surface area contributed by atoms with Crippen molar-refractivity contribution in [3.8, 4) is 5.82 Å². The van der Waals surface area contributed by atoms with Gasteiger partial charge in [0, 0.05) is 12.1 Å². The van der Waals surface area contributed by atoms with Gasteiger partial charge in [-0.05, 0) is 39.8 Å². The largest absolute Gasteiger partial charge is 0.306 e. The van der Waals surface area contributed by atoms with Crippen LogP contribution in [0.4, 0.5) is 0 Å². The van der Waals surface area contributed by atoms with Crippen molar-refractivity contribution in [1.29, 1.82) is 0 Å². The summed E-state index contributed by atoms with van der Waals surface area (Å²) in [6, 6.07) is 3.82. The van der Waals surface area contributed by atoms with E-state index in [9.17, 15) is 0 Å². The highest BCUT2D eigenvalue weighted by molar-refractivity contribution is 6.31. The molecule has 2 heterocycles. The lowest BCUT2D eigenvalue weighted by Gasteiger charge is -2.19. The van der Waals surface area contributed by atoms with Crippen molar-refractivity contribution in [3.63, 3.8) is 0 Å². The van der Waals surface area contributed by atoms with Gasteiger partial charge in [0.25, 0.3) is 0 Å². The number of hydrogen-bond acceptors (Lipinski definition) is 4. The molecule has 102 valence electrons. The minimum Gasteiger partial charge on any atom is -0.306 e. The molecule has 0 aromatic carbocycles. The van der Waals surface area contributed by atoms with Crippen molar-refractivity contribution in [2.75, 3.05) is 0 Å². The average molecular weight is 280 g/mol. The Kier molecular flexibility index (Phi) is 3.87. The van der Waals surface area contributed by atoms with Crippen molar-refractivity contribution >= 4 is 11.6 Å². The molecular weight excluding hydrogens is 262 g/mol. The van der Waals surface area contributed by atoms with Crippen molar-refractivity contribution in [1.82, 2.24) is 25.3 Å². The molecule has 0 aliphatic heterocycles. The summed E-state index contributed by atoms with van der Waals surface area (Å²) in [5.41, 5.74) is 1.74. The molecule has 0 aliphatic rings. The molecule has 0 spiro atoms. The summed E-state index contributed by atoms with van der Waals surface area (Å²) in [7, 11) is 0. The maximum atomic E-state index is 5.97. The summed E-state index contributed by atoms with van der Waals surface area (Å²) in [4.78, 5) is 0. The van der Waals surface area contributed by atoms with Crippen LogP contribution in [-0.2, 0) is 6.54 Å². The lowest BCUT2D eigenvalue weighted by Crippen LogP contribution is -2.35. The lowest BCUT2D eigenvalue weighted by atomic mass is 10.1. The zero-order chi connectivity index (χ0) is 14.0. The van der Waals surface area contributed by atoms with Gasteiger partial charge in [-0.25, -0.2) is 4.68 Å². The summed E-state index contributed by atoms with van der Waals surface area (Å²) < 4.78 is 1.63. The fourth-order valence-corrected chi connectivity index (χ4v) is 1.61. The van der Waals surface area contributed by atoms with Gasteiger partial charge >= 0.3 is 0 Å². The van der Waals surface area contributed by atoms with E-state index in [1.807, 2.05) is 19.1 Å². The second-order valence-electron chi connectivity index (χ2n) is 5.49. The SMILES string of the molecule is Cc1nn(-c2ccc(CNC(C)(C)C)nn2)cc1Cl. The van der Waals surface area contributed by atoms with E-state index in [-0.39, 0.29) is 5.54 Å². The predicted molar refractivity (Wildman–Crippen MR) is 75.5 cm³/mol. The molecule has 19 heavy (non-hydrogen) atoms. The van der Waals surface area contributed by atoms with Crippen LogP contribution in [0.5, 0.6) is 0 Å². The monoisotopic (exact) mass is 279 g/mol. The molecule has 5 nitrogen and oxygen atoms in total. The Bertz CT molecular complexity index is 534. The highest BCUT2D eigenvalue weighted by Crippen LogP contribution is 2.14. The molecular formula is C13H18ClN5. The lowest BCUT2D eigenvalue weighted by molar-refractivity contribution is 0.420. The highest BCUT2D eigenvalue weighted by Gasteiger charge is 2.10. The smallest absolute Gasteiger partial charge is 0.175 e. The van der Waals surface area contributed by atoms with E-state index in [0.717, 1.165) is 11.4 Å². The summed E-state index contributed by atoms with van der Waals surface area (Å²) >= 11 is 5.97. The van der Waals surface area contributed by atoms with Crippen LogP contribution >= 0.6 is 11.6 Å². The minimum absolute atomic E-state index is 0.0625. The number of nitrogens with zero attached hydrogens (tertiary/aromatic N) is 4. The van der Waals surface area contributed by atoms with Crippen LogP contribution in [0.2, 0.25) is 5.02 Å². The first-order valence-corrected chi connectivity index (χ1v) is 6.53. The maximum Gasteiger partial charge on any atom is 0.175 e. The maximum absolute atomic E-state index is 5.97. The van der Waals surface area contributed by atoms with Crippen LogP contribution in [0.25, 0.3) is 5.82 Å². The Hall–Kier alpha value is -1.46. The van der Waals surface area contributed by atoms with E-state index in [1.165, 1.54) is 0 Å². The number of aryl methyl sites for hydroxylation is 1. The van der Waals surface area contributed by atoms with Gasteiger partial charge in [-0.2, -0.15) is 10.2 Å². The standard InChI is InChI=1S/C13H18ClN5/c1-9-11(14)8-19(18-9)12-6-5-10(16-17-12)7-15-13(2,3)4/h5-6,8,15H,7H2,1-4H3. The molecule has 0 aliphatic carbocycles. The third kappa shape index (κ3) is 3.75. The fraction of sp³-hybridized carbons (Fsp3) is 0.462. The highest BCUT2D eigenvalue weighted by atomic mass is 35.5. The first kappa shape index (κ1) is 14.0. The van der Waals surface area contributed by atoms with Crippen molar-refractivity contribution < 1.29 is 0 Å². The van der Waals surface area contributed by atoms with Crippen LogP contribution in [-0.4, -0.2) is 25.5 Å². The van der Waals surface area contributed by atoms with E-state index >= 15 is 0 Å². The fourth-order valence-electron chi connectivity index (χ4n) is 1.48. The van der Waals surface area contributed by atoms with Gasteiger partial charge < -0.3 is 5.32 Å². The Labute approximate surface area is 118 Å². The van der Waals surface area contributed by atoms with Crippen molar-refractivity contribution in [2.24, 2.45) is 0 Å². The zero-order valence-corrected chi connectivity index (χ0v) is 12.4. The Morgan fingerprint density at radius 1 is 1.26 bits per heavy atom. The predicted octanol–water partition coefficient (Wildman–Crippen LogP) is 2.51. The summed E-state index contributed by atoms with van der Waals surface area (Å²) in [5, 5.41) is 16.6. The van der Waals surface area contributed by atoms with Crippen molar-refractivity contribution in [3.05, 3.63) is 34.7 Å². The number of halogens is 1. The summed E-state index contributed by atoms with van der Waals surface area (Å²) in [5.74, 6) is 0.662. The van der Waals surface area contributed by atoms with Gasteiger partial charge in [-0.3, -0.25) is 0 Å². The third-order valence-electron chi connectivity index (χ3n) is 2.58. The zero-order valence-electron chi connectivity index (χ0n) is 11.6. The molecule has 0 bridgehead atoms. The average Bonchev–Trinajstić information content (AvgIpc) is 2.67. The Balaban J connectivity index is 2.10. The molecule has 1 N–H and O–H groups in total. The topological polar surface area (TPSA) is 55.6 Å². The molecule has 2 aromatic rings. The normalized spacial score (nSPS) is 11.8. The number of nitrogens with one attached hydrogen (secondary N) is 1. The molecule has 0 amide bonds. The van der Waals surface area contributed by atoms with Crippen LogP contribution < -0.4 is 5.32 Å². The number of rotatable bonds is 3. The van der Waals surface area contributed by atoms with E-state index in [4.69, 9.17) is 11.6 Å². The second-order valence-corrected chi connectivity index (χ2v) is 5.90. The first-order valence-electron chi connectivity index (χ1n) is 6.15. The minimum atomic E-state index is 0.0625. The quantitative estimate of drug-likeness (QED) is 0.938. The van der Waals surface area contributed by atoms with Gasteiger partial charge in [0.1, 0.15) is 0 Å². The molecule has 2 rings (SSSR count). The Morgan fingerprint density at radius 3 is 2.47 bits per heavy atom. The molecule has 0 radical (unpaired) electrons. The van der Waals surface area contributed by atoms with E-state index in [0.29, 0.717) is 17.4 Å². The molecule has 2 aromatic heterocycles. The van der Waals surface area contributed by atoms with Crippen LogP contribution in [0.1, 0.15) is 32.2 Å². The van der Waals surface area contributed by atoms with E-state index in [1.54, 1.807) is 10.9 Å². The van der Waals surface area contributed by atoms with Gasteiger partial charge in [-0.15, -0.1) is 5.10 Å². The third-order valence-corrected chi connectivity index (χ3v) is 2.95. The van der Waals surface area contributed by atoms with Crippen molar-refractivity contribution in [2.45, 2.75) is 39.8 Å². The van der Waals surface area contributed by atoms with E-state index in [2.05, 4.69) is 41.4 Å². The molecule has 0 unspecified atom stereocenters. The number of hydrogen-bond donors (Lipinski definition) is 1. The van der Waals surface area contributed by atoms with Gasteiger partial charge in [0.05, 0.1) is 22.6 Å². The van der Waals surface area contributed by atoms with Gasteiger partial charge in [0.2, 0.25) is 0 Å². The first-order chi connectivity index (χ1) is 8.85. The molecule has 0 atom stereocenters. The van der Waals surface area contributed by atoms with Gasteiger partial charge in [-0.1, -0.05) is 11.6 Å². The molecule has 0 saturated carbocycles. The number of aromatic nitrogens is 4. The van der Waals surface area contributed by atoms with Crippen LogP contribution in [0.15, 0.2) is 18.3 Å². The summed E-state index contributed by atoms with van der Waals surface area (Å²) in [6.07, 6.45) is 1.73. The Morgan fingerprint density at radius 2 is 2.00 bits per heavy atom. The molecule has 0 fully saturated rings. The second kappa shape index (κ2) is 5.27. The van der Waals surface area contributed by atoms with Crippen LogP contribution in [0, 0.1) is 6.92 Å². The molecule has 0 saturated heterocycles. The molecule has 6 heteroatoms. The van der Waals surface area contributed by atoms with Gasteiger partial charge in [0.15, 0.2) is 5.82 Å². The van der Waals surface area contributed by atoms with Crippen LogP contribution in [0.3, 0.4) is 0 Å². The summed E-state index contributed by atoms with van der Waals surface area (Å²) in [6.45, 7) is 8.89. The van der Waals surface area contributed by atoms with E-state index < -0.39 is 0 Å².